The second-order valence-corrected chi connectivity index (χ2v) is 4.75. The summed E-state index contributed by atoms with van der Waals surface area (Å²) in [6, 6.07) is 8.80. The average molecular weight is 222 g/mol. The number of hydrogen-bond acceptors (Lipinski definition) is 4. The molecule has 0 N–H and O–H groups in total. The Balaban J connectivity index is 2.60. The van der Waals surface area contributed by atoms with Gasteiger partial charge in [0.05, 0.1) is 4.90 Å². The van der Waals surface area contributed by atoms with Crippen LogP contribution in [0.4, 0.5) is 0 Å². The van der Waals surface area contributed by atoms with Gasteiger partial charge in [0.15, 0.2) is 0 Å². The van der Waals surface area contributed by atoms with E-state index in [0.29, 0.717) is 0 Å². The molecule has 0 bridgehead atoms. The molecule has 0 aliphatic carbocycles. The molecule has 0 spiro atoms. The topological polar surface area (TPSA) is 64.8 Å². The monoisotopic (exact) mass is 222 g/mol. The maximum atomic E-state index is 12.0. The molecular weight excluding hydrogens is 214 g/mol. The number of aryl methyl sites for hydroxylation is 1. The van der Waals surface area contributed by atoms with Crippen LogP contribution in [0.2, 0.25) is 0 Å². The van der Waals surface area contributed by atoms with E-state index in [4.69, 9.17) is 0 Å². The van der Waals surface area contributed by atoms with Crippen molar-refractivity contribution >= 4 is 9.84 Å². The van der Waals surface area contributed by atoms with Gasteiger partial charge < -0.3 is 0 Å². The number of sulfone groups is 1. The number of benzene rings is 1. The van der Waals surface area contributed by atoms with Crippen molar-refractivity contribution in [2.75, 3.05) is 0 Å². The van der Waals surface area contributed by atoms with Crippen molar-refractivity contribution < 1.29 is 8.42 Å². The minimum atomic E-state index is -3.56. The summed E-state index contributed by atoms with van der Waals surface area (Å²) in [5, 5.41) is 3.67. The average Bonchev–Trinajstić information content (AvgIpc) is 2.66. The molecule has 0 aliphatic heterocycles. The molecule has 0 saturated carbocycles. The molecule has 2 rings (SSSR count). The lowest BCUT2D eigenvalue weighted by molar-refractivity contribution is 0.569. The maximum Gasteiger partial charge on any atom is 0.250 e. The molecule has 0 atom stereocenters. The van der Waals surface area contributed by atoms with Crippen LogP contribution >= 0.6 is 0 Å². The minimum Gasteiger partial charge on any atom is -0.239 e. The van der Waals surface area contributed by atoms with Crippen LogP contribution in [-0.2, 0) is 16.9 Å². The van der Waals surface area contributed by atoms with Crippen molar-refractivity contribution in [3.8, 4) is 0 Å². The molecule has 1 heterocycles. The van der Waals surface area contributed by atoms with Gasteiger partial charge in [-0.15, -0.1) is 0 Å². The van der Waals surface area contributed by atoms with E-state index >= 15 is 0 Å². The highest BCUT2D eigenvalue weighted by atomic mass is 32.2. The van der Waals surface area contributed by atoms with Crippen molar-refractivity contribution in [3.05, 3.63) is 36.7 Å². The van der Waals surface area contributed by atoms with Crippen LogP contribution in [0, 0.1) is 6.07 Å². The smallest absolute Gasteiger partial charge is 0.239 e. The van der Waals surface area contributed by atoms with Gasteiger partial charge in [0.1, 0.15) is 6.33 Å². The van der Waals surface area contributed by atoms with Crippen molar-refractivity contribution in [1.82, 2.24) is 14.8 Å². The standard InChI is InChI=1S/C9H8N3O2S/c1-12-9(10-7-11-12)15(13,14)8-5-3-2-4-6-8/h3-7H,1H3. The zero-order valence-electron chi connectivity index (χ0n) is 7.95. The molecule has 0 aliphatic rings. The Bertz CT molecular complexity index is 560. The SMILES string of the molecule is Cn1ncnc1S(=O)(=O)c1cc[c]cc1. The summed E-state index contributed by atoms with van der Waals surface area (Å²) in [6.45, 7) is 0. The van der Waals surface area contributed by atoms with Crippen LogP contribution < -0.4 is 0 Å². The number of aromatic nitrogens is 3. The predicted octanol–water partition coefficient (Wildman–Crippen LogP) is 0.448. The number of hydrogen-bond donors (Lipinski definition) is 0. The van der Waals surface area contributed by atoms with E-state index in [1.54, 1.807) is 12.1 Å². The van der Waals surface area contributed by atoms with Crippen LogP contribution in [0.5, 0.6) is 0 Å². The molecular formula is C9H8N3O2S. The summed E-state index contributed by atoms with van der Waals surface area (Å²) >= 11 is 0. The van der Waals surface area contributed by atoms with Gasteiger partial charge in [-0.05, 0) is 18.2 Å². The van der Waals surface area contributed by atoms with E-state index in [2.05, 4.69) is 16.1 Å². The highest BCUT2D eigenvalue weighted by molar-refractivity contribution is 7.91. The summed E-state index contributed by atoms with van der Waals surface area (Å²) < 4.78 is 25.2. The predicted molar refractivity (Wildman–Crippen MR) is 51.7 cm³/mol. The Labute approximate surface area is 87.3 Å². The van der Waals surface area contributed by atoms with Gasteiger partial charge in [0, 0.05) is 7.05 Å². The molecule has 0 saturated heterocycles. The summed E-state index contributed by atoms with van der Waals surface area (Å²) in [4.78, 5) is 3.91. The first-order valence-electron chi connectivity index (χ1n) is 4.17. The van der Waals surface area contributed by atoms with E-state index in [1.807, 2.05) is 0 Å². The van der Waals surface area contributed by atoms with Crippen LogP contribution in [-0.4, -0.2) is 23.2 Å². The van der Waals surface area contributed by atoms with Crippen LogP contribution in [0.3, 0.4) is 0 Å². The van der Waals surface area contributed by atoms with E-state index in [-0.39, 0.29) is 10.1 Å². The third kappa shape index (κ3) is 1.63. The third-order valence-electron chi connectivity index (χ3n) is 1.91. The molecule has 0 unspecified atom stereocenters. The molecule has 1 aromatic heterocycles. The lowest BCUT2D eigenvalue weighted by Crippen LogP contribution is -2.09. The lowest BCUT2D eigenvalue weighted by atomic mass is 10.4. The molecule has 15 heavy (non-hydrogen) atoms. The Morgan fingerprint density at radius 3 is 2.53 bits per heavy atom. The maximum absolute atomic E-state index is 12.0. The Morgan fingerprint density at radius 2 is 2.00 bits per heavy atom. The van der Waals surface area contributed by atoms with Gasteiger partial charge in [-0.1, -0.05) is 12.1 Å². The fourth-order valence-electron chi connectivity index (χ4n) is 1.19. The first-order valence-corrected chi connectivity index (χ1v) is 5.66. The van der Waals surface area contributed by atoms with Gasteiger partial charge in [0.25, 0.3) is 0 Å². The highest BCUT2D eigenvalue weighted by Gasteiger charge is 2.22. The quantitative estimate of drug-likeness (QED) is 0.740. The van der Waals surface area contributed by atoms with Gasteiger partial charge in [-0.25, -0.2) is 18.1 Å². The second kappa shape index (κ2) is 3.47. The fraction of sp³-hybridized carbons (Fsp3) is 0.111. The fourth-order valence-corrected chi connectivity index (χ4v) is 2.47. The Kier molecular flexibility index (Phi) is 2.28. The van der Waals surface area contributed by atoms with E-state index in [9.17, 15) is 8.42 Å². The first kappa shape index (κ1) is 9.85. The van der Waals surface area contributed by atoms with Crippen molar-refractivity contribution in [3.63, 3.8) is 0 Å². The Morgan fingerprint density at radius 1 is 1.33 bits per heavy atom. The highest BCUT2D eigenvalue weighted by Crippen LogP contribution is 2.16. The number of nitrogens with zero attached hydrogens (tertiary/aromatic N) is 3. The van der Waals surface area contributed by atoms with Crippen molar-refractivity contribution in [2.45, 2.75) is 10.1 Å². The summed E-state index contributed by atoms with van der Waals surface area (Å²) in [6.07, 6.45) is 1.21. The summed E-state index contributed by atoms with van der Waals surface area (Å²) in [5.74, 6) is 0. The first-order chi connectivity index (χ1) is 7.12. The van der Waals surface area contributed by atoms with E-state index in [0.717, 1.165) is 0 Å². The molecule has 2 aromatic rings. The molecule has 6 heteroatoms. The largest absolute Gasteiger partial charge is 0.250 e. The zero-order valence-corrected chi connectivity index (χ0v) is 8.77. The third-order valence-corrected chi connectivity index (χ3v) is 3.65. The van der Waals surface area contributed by atoms with E-state index in [1.165, 1.54) is 30.2 Å². The normalized spacial score (nSPS) is 11.5. The molecule has 1 aromatic carbocycles. The van der Waals surface area contributed by atoms with Crippen molar-refractivity contribution in [1.29, 1.82) is 0 Å². The molecule has 0 fully saturated rings. The molecule has 5 nitrogen and oxygen atoms in total. The zero-order chi connectivity index (χ0) is 10.9. The Hall–Kier alpha value is -1.69. The second-order valence-electron chi connectivity index (χ2n) is 2.91. The van der Waals surface area contributed by atoms with Gasteiger partial charge in [-0.2, -0.15) is 5.10 Å². The van der Waals surface area contributed by atoms with Gasteiger partial charge in [-0.3, -0.25) is 0 Å². The van der Waals surface area contributed by atoms with Crippen LogP contribution in [0.1, 0.15) is 0 Å². The van der Waals surface area contributed by atoms with Crippen molar-refractivity contribution in [2.24, 2.45) is 7.05 Å². The molecule has 1 radical (unpaired) electrons. The van der Waals surface area contributed by atoms with Gasteiger partial charge >= 0.3 is 0 Å². The molecule has 0 amide bonds. The minimum absolute atomic E-state index is 0.0614. The van der Waals surface area contributed by atoms with Crippen LogP contribution in [0.25, 0.3) is 0 Å². The lowest BCUT2D eigenvalue weighted by Gasteiger charge is -2.01. The van der Waals surface area contributed by atoms with E-state index < -0.39 is 9.84 Å². The summed E-state index contributed by atoms with van der Waals surface area (Å²) in [5.41, 5.74) is 0. The van der Waals surface area contributed by atoms with Crippen LogP contribution in [0.15, 0.2) is 40.6 Å². The van der Waals surface area contributed by atoms with Gasteiger partial charge in [0.2, 0.25) is 15.0 Å². The number of rotatable bonds is 2. The molecule has 77 valence electrons. The summed E-state index contributed by atoms with van der Waals surface area (Å²) in [7, 11) is -2.02.